The lowest BCUT2D eigenvalue weighted by Gasteiger charge is -2.33. The summed E-state index contributed by atoms with van der Waals surface area (Å²) in [5, 5.41) is 0. The lowest BCUT2D eigenvalue weighted by molar-refractivity contribution is 0.0858. The van der Waals surface area contributed by atoms with Gasteiger partial charge in [0.1, 0.15) is 0 Å². The van der Waals surface area contributed by atoms with Crippen molar-refractivity contribution in [3.8, 4) is 5.75 Å². The summed E-state index contributed by atoms with van der Waals surface area (Å²) in [4.78, 5) is 15.7. The highest BCUT2D eigenvalue weighted by molar-refractivity contribution is 7.90. The maximum absolute atomic E-state index is 13.4. The van der Waals surface area contributed by atoms with Crippen LogP contribution in [0.25, 0.3) is 0 Å². The molecule has 2 fully saturated rings. The van der Waals surface area contributed by atoms with Crippen LogP contribution in [-0.2, 0) is 9.84 Å². The number of hydrogen-bond acceptors (Lipinski definition) is 5. The van der Waals surface area contributed by atoms with E-state index in [0.717, 1.165) is 58.0 Å². The number of hydrogen-bond donors (Lipinski definition) is 0. The van der Waals surface area contributed by atoms with Gasteiger partial charge in [-0.2, -0.15) is 0 Å². The van der Waals surface area contributed by atoms with E-state index in [1.807, 2.05) is 0 Å². The zero-order valence-electron chi connectivity index (χ0n) is 17.4. The van der Waals surface area contributed by atoms with E-state index in [9.17, 15) is 13.2 Å². The Morgan fingerprint density at radius 1 is 1.14 bits per heavy atom. The number of carbonyl (C=O) groups excluding carboxylic acids is 1. The third kappa shape index (κ3) is 4.37. The third-order valence-electron chi connectivity index (χ3n) is 6.37. The number of carbonyl (C=O) groups is 1. The molecule has 0 aromatic heterocycles. The van der Waals surface area contributed by atoms with E-state index in [-0.39, 0.29) is 16.6 Å². The van der Waals surface area contributed by atoms with E-state index in [0.29, 0.717) is 22.9 Å². The van der Waals surface area contributed by atoms with Crippen LogP contribution in [0.4, 0.5) is 5.69 Å². The minimum atomic E-state index is -3.43. The van der Waals surface area contributed by atoms with Crippen molar-refractivity contribution in [3.63, 3.8) is 0 Å². The smallest absolute Gasteiger partial charge is 0.177 e. The lowest BCUT2D eigenvalue weighted by Crippen LogP contribution is -2.32. The molecular formula is C22H33NO4S. The molecule has 0 spiro atoms. The zero-order valence-corrected chi connectivity index (χ0v) is 18.2. The quantitative estimate of drug-likeness (QED) is 0.650. The monoisotopic (exact) mass is 407 g/mol. The number of ether oxygens (including phenoxy) is 1. The van der Waals surface area contributed by atoms with Crippen molar-refractivity contribution in [2.24, 2.45) is 11.8 Å². The van der Waals surface area contributed by atoms with Crippen molar-refractivity contribution < 1.29 is 17.9 Å². The molecule has 1 aromatic rings. The van der Waals surface area contributed by atoms with Crippen molar-refractivity contribution in [3.05, 3.63) is 17.7 Å². The van der Waals surface area contributed by atoms with Gasteiger partial charge in [0.15, 0.2) is 21.4 Å². The number of rotatable bonds is 6. The standard InChI is InChI=1S/C22H33NO4S/c1-4-16-9-8-10-17(15-16)21(24)18-11-12-19(28(3,25)26)20(22(18)27-2)23-13-6-5-7-14-23/h11-12,16-17H,4-10,13-15H2,1-3H3. The fourth-order valence-corrected chi connectivity index (χ4v) is 5.68. The second-order valence-electron chi connectivity index (χ2n) is 8.32. The Hall–Kier alpha value is -1.56. The first kappa shape index (κ1) is 21.2. The maximum Gasteiger partial charge on any atom is 0.177 e. The summed E-state index contributed by atoms with van der Waals surface area (Å²) in [5.74, 6) is 1.15. The molecule has 1 aliphatic carbocycles. The van der Waals surface area contributed by atoms with Gasteiger partial charge in [-0.25, -0.2) is 8.42 Å². The first-order chi connectivity index (χ1) is 13.4. The Morgan fingerprint density at radius 3 is 2.46 bits per heavy atom. The maximum atomic E-state index is 13.4. The number of benzene rings is 1. The number of ketones is 1. The summed E-state index contributed by atoms with van der Waals surface area (Å²) >= 11 is 0. The SMILES string of the molecule is CCC1CCCC(C(=O)c2ccc(S(C)(=O)=O)c(N3CCCCC3)c2OC)C1. The van der Waals surface area contributed by atoms with Crippen LogP contribution in [0.1, 0.15) is 68.6 Å². The Kier molecular flexibility index (Phi) is 6.69. The number of Topliss-reactive ketones (excluding diaryl/α,β-unsaturated/α-hetero) is 1. The molecule has 5 nitrogen and oxygen atoms in total. The molecule has 1 aromatic carbocycles. The second-order valence-corrected chi connectivity index (χ2v) is 10.3. The van der Waals surface area contributed by atoms with Gasteiger partial charge >= 0.3 is 0 Å². The van der Waals surface area contributed by atoms with Crippen LogP contribution in [0.3, 0.4) is 0 Å². The largest absolute Gasteiger partial charge is 0.494 e. The van der Waals surface area contributed by atoms with Crippen LogP contribution < -0.4 is 9.64 Å². The van der Waals surface area contributed by atoms with E-state index in [2.05, 4.69) is 11.8 Å². The summed E-state index contributed by atoms with van der Waals surface area (Å²) < 4.78 is 30.6. The van der Waals surface area contributed by atoms with Crippen molar-refractivity contribution in [1.82, 2.24) is 0 Å². The fraction of sp³-hybridized carbons (Fsp3) is 0.682. The highest BCUT2D eigenvalue weighted by Crippen LogP contribution is 2.42. The molecule has 0 N–H and O–H groups in total. The average molecular weight is 408 g/mol. The van der Waals surface area contributed by atoms with Crippen LogP contribution in [0, 0.1) is 11.8 Å². The van der Waals surface area contributed by atoms with Gasteiger partial charge in [-0.1, -0.05) is 26.2 Å². The molecule has 6 heteroatoms. The van der Waals surface area contributed by atoms with Gasteiger partial charge in [-0.05, 0) is 50.2 Å². The molecule has 1 aliphatic heterocycles. The third-order valence-corrected chi connectivity index (χ3v) is 7.50. The summed E-state index contributed by atoms with van der Waals surface area (Å²) in [7, 11) is -1.89. The molecule has 0 amide bonds. The lowest BCUT2D eigenvalue weighted by atomic mass is 9.77. The molecule has 156 valence electrons. The molecule has 2 unspecified atom stereocenters. The first-order valence-corrected chi connectivity index (χ1v) is 12.5. The Balaban J connectivity index is 2.05. The minimum absolute atomic E-state index is 0.00545. The summed E-state index contributed by atoms with van der Waals surface area (Å²) in [6, 6.07) is 3.27. The van der Waals surface area contributed by atoms with Gasteiger partial charge < -0.3 is 9.64 Å². The highest BCUT2D eigenvalue weighted by Gasteiger charge is 2.32. The van der Waals surface area contributed by atoms with Gasteiger partial charge in [0.2, 0.25) is 0 Å². The summed E-state index contributed by atoms with van der Waals surface area (Å²) in [6.07, 6.45) is 9.62. The molecule has 28 heavy (non-hydrogen) atoms. The van der Waals surface area contributed by atoms with Gasteiger partial charge in [-0.3, -0.25) is 4.79 Å². The predicted octanol–water partition coefficient (Wildman–Crippen LogP) is 4.49. The molecular weight excluding hydrogens is 374 g/mol. The number of nitrogens with zero attached hydrogens (tertiary/aromatic N) is 1. The van der Waals surface area contributed by atoms with Crippen LogP contribution in [-0.4, -0.2) is 40.7 Å². The molecule has 2 aliphatic rings. The van der Waals surface area contributed by atoms with Crippen LogP contribution in [0.2, 0.25) is 0 Å². The van der Waals surface area contributed by atoms with Crippen LogP contribution >= 0.6 is 0 Å². The van der Waals surface area contributed by atoms with Crippen molar-refractivity contribution >= 4 is 21.3 Å². The topological polar surface area (TPSA) is 63.7 Å². The molecule has 3 rings (SSSR count). The summed E-state index contributed by atoms with van der Waals surface area (Å²) in [5.41, 5.74) is 1.12. The van der Waals surface area contributed by atoms with E-state index in [1.54, 1.807) is 19.2 Å². The van der Waals surface area contributed by atoms with Crippen molar-refractivity contribution in [2.75, 3.05) is 31.4 Å². The normalized spacial score (nSPS) is 23.5. The molecule has 1 saturated heterocycles. The number of sulfone groups is 1. The highest BCUT2D eigenvalue weighted by atomic mass is 32.2. The predicted molar refractivity (Wildman–Crippen MR) is 112 cm³/mol. The molecule has 1 heterocycles. The van der Waals surface area contributed by atoms with Crippen LogP contribution in [0.15, 0.2) is 17.0 Å². The Morgan fingerprint density at radius 2 is 1.86 bits per heavy atom. The van der Waals surface area contributed by atoms with E-state index in [1.165, 1.54) is 12.7 Å². The average Bonchev–Trinajstić information content (AvgIpc) is 2.72. The molecule has 2 atom stereocenters. The Labute approximate surface area is 169 Å². The van der Waals surface area contributed by atoms with Gasteiger partial charge in [0, 0.05) is 25.3 Å². The fourth-order valence-electron chi connectivity index (χ4n) is 4.79. The number of anilines is 1. The van der Waals surface area contributed by atoms with Gasteiger partial charge in [0.25, 0.3) is 0 Å². The zero-order chi connectivity index (χ0) is 20.3. The van der Waals surface area contributed by atoms with E-state index >= 15 is 0 Å². The summed E-state index contributed by atoms with van der Waals surface area (Å²) in [6.45, 7) is 3.77. The van der Waals surface area contributed by atoms with Crippen molar-refractivity contribution in [2.45, 2.75) is 63.2 Å². The van der Waals surface area contributed by atoms with E-state index < -0.39 is 9.84 Å². The number of methoxy groups -OCH3 is 1. The second kappa shape index (κ2) is 8.85. The molecule has 0 bridgehead atoms. The van der Waals surface area contributed by atoms with Crippen molar-refractivity contribution in [1.29, 1.82) is 0 Å². The number of piperidine rings is 1. The molecule has 1 saturated carbocycles. The minimum Gasteiger partial charge on any atom is -0.494 e. The van der Waals surface area contributed by atoms with Crippen LogP contribution in [0.5, 0.6) is 5.75 Å². The van der Waals surface area contributed by atoms with E-state index in [4.69, 9.17) is 4.74 Å². The molecule has 0 radical (unpaired) electrons. The first-order valence-electron chi connectivity index (χ1n) is 10.6. The van der Waals surface area contributed by atoms with Gasteiger partial charge in [-0.15, -0.1) is 0 Å². The Bertz CT molecular complexity index is 812. The van der Waals surface area contributed by atoms with Gasteiger partial charge in [0.05, 0.1) is 23.3 Å².